The number of aliphatic imine (C=N–C) groups is 1. The smallest absolute Gasteiger partial charge is 0.265 e. The van der Waals surface area contributed by atoms with Crippen LogP contribution in [0.5, 0.6) is 0 Å². The summed E-state index contributed by atoms with van der Waals surface area (Å²) in [6.45, 7) is 6.52. The van der Waals surface area contributed by atoms with Crippen LogP contribution in [-0.4, -0.2) is 13.8 Å². The molecule has 0 saturated heterocycles. The first-order valence-electron chi connectivity index (χ1n) is 9.30. The summed E-state index contributed by atoms with van der Waals surface area (Å²) in [5.41, 5.74) is 4.00. The number of alkyl halides is 3. The maximum atomic E-state index is 12.8. The quantitative estimate of drug-likeness (QED) is 0.317. The first-order chi connectivity index (χ1) is 13.6. The summed E-state index contributed by atoms with van der Waals surface area (Å²) in [6.07, 6.45) is -3.14. The van der Waals surface area contributed by atoms with Gasteiger partial charge in [-0.3, -0.25) is 4.99 Å². The van der Waals surface area contributed by atoms with Gasteiger partial charge in [-0.1, -0.05) is 62.1 Å². The summed E-state index contributed by atoms with van der Waals surface area (Å²) in [6, 6.07) is 15.8. The molecule has 0 heterocycles. The van der Waals surface area contributed by atoms with Crippen molar-refractivity contribution < 1.29 is 13.2 Å². The van der Waals surface area contributed by atoms with Crippen LogP contribution in [0.3, 0.4) is 0 Å². The Hall–Kier alpha value is -2.83. The maximum Gasteiger partial charge on any atom is 0.416 e. The largest absolute Gasteiger partial charge is 0.416 e. The van der Waals surface area contributed by atoms with E-state index in [1.165, 1.54) is 12.1 Å². The molecule has 2 aromatic carbocycles. The molecule has 2 rings (SSSR count). The number of hydrogen-bond acceptors (Lipinski definition) is 2. The molecule has 0 amide bonds. The van der Waals surface area contributed by atoms with Crippen molar-refractivity contribution in [2.75, 3.05) is 0 Å². The Bertz CT molecular complexity index is 939. The highest BCUT2D eigenvalue weighted by atomic mass is 28.3. The molecule has 0 radical (unpaired) electrons. The monoisotopic (exact) mass is 412 g/mol. The normalized spacial score (nSPS) is 13.2. The molecule has 0 unspecified atom stereocenters. The molecule has 0 aromatic heterocycles. The lowest BCUT2D eigenvalue weighted by atomic mass is 10.0. The molecule has 29 heavy (non-hydrogen) atoms. The minimum Gasteiger partial charge on any atom is -0.265 e. The van der Waals surface area contributed by atoms with E-state index < -0.39 is 19.8 Å². The van der Waals surface area contributed by atoms with Gasteiger partial charge in [0.05, 0.1) is 11.6 Å². The first kappa shape index (κ1) is 22.5. The van der Waals surface area contributed by atoms with Crippen molar-refractivity contribution in [2.24, 2.45) is 4.99 Å². The number of hydrogen-bond donors (Lipinski definition) is 0. The number of nitrogens with zero attached hydrogens (tertiary/aromatic N) is 2. The fourth-order valence-corrected chi connectivity index (χ4v) is 3.31. The van der Waals surface area contributed by atoms with Gasteiger partial charge in [0.25, 0.3) is 0 Å². The number of benzene rings is 2. The molecular formula is C23H23F3N2Si. The number of nitriles is 1. The van der Waals surface area contributed by atoms with Crippen molar-refractivity contribution in [3.05, 3.63) is 71.3 Å². The summed E-state index contributed by atoms with van der Waals surface area (Å²) < 4.78 is 38.4. The lowest BCUT2D eigenvalue weighted by Crippen LogP contribution is -2.16. The summed E-state index contributed by atoms with van der Waals surface area (Å²) >= 11 is 0. The molecule has 1 atom stereocenters. The standard InChI is InChI=1S/C23H23F3N2Si/c1-29(2,3)16-8-7-11-21(18-9-5-4-6-10-18)28-22(17-27)19-12-14-20(15-13-19)23(24,25)26/h4-6,9-10,12-15,21H,7,11H2,1-3H3/t21-/m1/s1. The van der Waals surface area contributed by atoms with Gasteiger partial charge < -0.3 is 0 Å². The van der Waals surface area contributed by atoms with E-state index in [1.807, 2.05) is 36.4 Å². The van der Waals surface area contributed by atoms with Crippen LogP contribution in [0.2, 0.25) is 19.6 Å². The molecule has 0 spiro atoms. The Morgan fingerprint density at radius 1 is 1.03 bits per heavy atom. The molecular weight excluding hydrogens is 389 g/mol. The van der Waals surface area contributed by atoms with E-state index in [4.69, 9.17) is 0 Å². The average Bonchev–Trinajstić information content (AvgIpc) is 2.67. The van der Waals surface area contributed by atoms with Crippen LogP contribution in [0.1, 0.15) is 35.6 Å². The lowest BCUT2D eigenvalue weighted by molar-refractivity contribution is -0.137. The van der Waals surface area contributed by atoms with Gasteiger partial charge in [-0.15, -0.1) is 11.5 Å². The second-order valence-corrected chi connectivity index (χ2v) is 12.4. The molecule has 2 nitrogen and oxygen atoms in total. The van der Waals surface area contributed by atoms with Gasteiger partial charge in [-0.2, -0.15) is 18.4 Å². The topological polar surface area (TPSA) is 36.1 Å². The highest BCUT2D eigenvalue weighted by molar-refractivity contribution is 6.83. The van der Waals surface area contributed by atoms with E-state index in [1.54, 1.807) is 0 Å². The van der Waals surface area contributed by atoms with Gasteiger partial charge in [-0.05, 0) is 24.1 Å². The second-order valence-electron chi connectivity index (χ2n) is 7.68. The molecule has 0 aliphatic carbocycles. The minimum atomic E-state index is -4.41. The minimum absolute atomic E-state index is 0.116. The van der Waals surface area contributed by atoms with Crippen LogP contribution >= 0.6 is 0 Å². The van der Waals surface area contributed by atoms with Gasteiger partial charge in [-0.25, -0.2) is 0 Å². The van der Waals surface area contributed by atoms with Crippen LogP contribution in [0, 0.1) is 22.8 Å². The van der Waals surface area contributed by atoms with E-state index in [0.717, 1.165) is 17.7 Å². The Labute approximate surface area is 171 Å². The first-order valence-corrected chi connectivity index (χ1v) is 12.8. The third-order valence-corrected chi connectivity index (χ3v) is 4.99. The Balaban J connectivity index is 2.32. The molecule has 0 saturated carbocycles. The van der Waals surface area contributed by atoms with Gasteiger partial charge in [0.1, 0.15) is 19.9 Å². The van der Waals surface area contributed by atoms with Crippen molar-refractivity contribution in [2.45, 2.75) is 44.7 Å². The van der Waals surface area contributed by atoms with Crippen LogP contribution in [0.4, 0.5) is 13.2 Å². The average molecular weight is 413 g/mol. The Kier molecular flexibility index (Phi) is 7.42. The van der Waals surface area contributed by atoms with E-state index in [9.17, 15) is 18.4 Å². The van der Waals surface area contributed by atoms with Gasteiger partial charge in [0.15, 0.2) is 0 Å². The predicted octanol–water partition coefficient (Wildman–Crippen LogP) is 6.42. The number of halogens is 3. The molecule has 0 N–H and O–H groups in total. The maximum absolute atomic E-state index is 12.8. The SMILES string of the molecule is C[Si](C)(C)C#CCC[C@@H](N=C(C#N)c1ccc(C(F)(F)F)cc1)c1ccccc1. The van der Waals surface area contributed by atoms with Crippen molar-refractivity contribution in [1.29, 1.82) is 5.26 Å². The predicted molar refractivity (Wildman–Crippen MR) is 113 cm³/mol. The third kappa shape index (κ3) is 7.25. The summed E-state index contributed by atoms with van der Waals surface area (Å²) in [4.78, 5) is 4.58. The fraction of sp³-hybridized carbons (Fsp3) is 0.304. The zero-order chi connectivity index (χ0) is 21.5. The summed E-state index contributed by atoms with van der Waals surface area (Å²) in [7, 11) is -1.46. The number of rotatable bonds is 5. The van der Waals surface area contributed by atoms with E-state index in [0.29, 0.717) is 18.4 Å². The van der Waals surface area contributed by atoms with Crippen LogP contribution in [-0.2, 0) is 6.18 Å². The molecule has 2 aromatic rings. The zero-order valence-electron chi connectivity index (χ0n) is 16.7. The Morgan fingerprint density at radius 2 is 1.66 bits per heavy atom. The summed E-state index contributed by atoms with van der Waals surface area (Å²) in [5, 5.41) is 9.56. The van der Waals surface area contributed by atoms with Gasteiger partial charge >= 0.3 is 6.18 Å². The lowest BCUT2D eigenvalue weighted by Gasteiger charge is -2.13. The highest BCUT2D eigenvalue weighted by Gasteiger charge is 2.30. The van der Waals surface area contributed by atoms with Crippen LogP contribution in [0.25, 0.3) is 0 Å². The highest BCUT2D eigenvalue weighted by Crippen LogP contribution is 2.29. The fourth-order valence-electron chi connectivity index (χ4n) is 2.66. The molecule has 0 aliphatic rings. The van der Waals surface area contributed by atoms with Crippen LogP contribution < -0.4 is 0 Å². The van der Waals surface area contributed by atoms with E-state index in [2.05, 4.69) is 36.1 Å². The second kappa shape index (κ2) is 9.58. The van der Waals surface area contributed by atoms with Crippen molar-refractivity contribution in [3.63, 3.8) is 0 Å². The Morgan fingerprint density at radius 3 is 2.17 bits per heavy atom. The molecule has 6 heteroatoms. The molecule has 0 aliphatic heterocycles. The third-order valence-electron chi connectivity index (χ3n) is 4.07. The van der Waals surface area contributed by atoms with E-state index >= 15 is 0 Å². The summed E-state index contributed by atoms with van der Waals surface area (Å²) in [5.74, 6) is 3.22. The van der Waals surface area contributed by atoms with Gasteiger partial charge in [0, 0.05) is 12.0 Å². The van der Waals surface area contributed by atoms with E-state index in [-0.39, 0.29) is 11.8 Å². The molecule has 0 bridgehead atoms. The van der Waals surface area contributed by atoms with Crippen molar-refractivity contribution in [1.82, 2.24) is 0 Å². The molecule has 0 fully saturated rings. The van der Waals surface area contributed by atoms with Gasteiger partial charge in [0.2, 0.25) is 0 Å². The van der Waals surface area contributed by atoms with Crippen molar-refractivity contribution >= 4 is 13.8 Å². The van der Waals surface area contributed by atoms with Crippen LogP contribution in [0.15, 0.2) is 59.6 Å². The van der Waals surface area contributed by atoms with Crippen molar-refractivity contribution in [3.8, 4) is 17.5 Å². The molecule has 150 valence electrons. The zero-order valence-corrected chi connectivity index (χ0v) is 17.7.